The Kier molecular flexibility index (Phi) is 18.1. The molecule has 74 heavy (non-hydrogen) atoms. The number of hydrogen-bond donors (Lipinski definition) is 2. The number of piperazine rings is 2. The molecule has 0 spiro atoms. The molecule has 0 radical (unpaired) electrons. The van der Waals surface area contributed by atoms with E-state index in [1.807, 2.05) is 115 Å². The molecule has 2 amide bonds. The van der Waals surface area contributed by atoms with Gasteiger partial charge in [-0.1, -0.05) is 88.9 Å². The minimum absolute atomic E-state index is 0.0174. The molecule has 22 heteroatoms. The highest BCUT2D eigenvalue weighted by Gasteiger charge is 2.26. The van der Waals surface area contributed by atoms with Gasteiger partial charge in [-0.25, -0.2) is 0 Å². The van der Waals surface area contributed by atoms with Gasteiger partial charge in [-0.2, -0.15) is 10.2 Å². The molecule has 8 aromatic rings. The highest BCUT2D eigenvalue weighted by atomic mass is 127. The van der Waals surface area contributed by atoms with Gasteiger partial charge in [0.25, 0.3) is 0 Å². The summed E-state index contributed by atoms with van der Waals surface area (Å²) in [6, 6.07) is 30.6. The summed E-state index contributed by atoms with van der Waals surface area (Å²) in [6.07, 6.45) is 3.24. The third-order valence-corrected chi connectivity index (χ3v) is 15.4. The molecule has 0 unspecified atom stereocenters. The molecule has 6 heterocycles. The van der Waals surface area contributed by atoms with E-state index in [0.29, 0.717) is 68.9 Å². The number of pyridine rings is 2. The van der Waals surface area contributed by atoms with E-state index in [1.54, 1.807) is 35.8 Å². The van der Waals surface area contributed by atoms with Gasteiger partial charge in [-0.3, -0.25) is 28.9 Å². The summed E-state index contributed by atoms with van der Waals surface area (Å²) in [6.45, 7) is 9.64. The summed E-state index contributed by atoms with van der Waals surface area (Å²) in [5.74, 6) is 1.37. The second-order valence-corrected chi connectivity index (χ2v) is 20.0. The van der Waals surface area contributed by atoms with Gasteiger partial charge in [0, 0.05) is 105 Å². The zero-order valence-electron chi connectivity index (χ0n) is 40.9. The summed E-state index contributed by atoms with van der Waals surface area (Å²) < 4.78 is 14.7. The Bertz CT molecular complexity index is 3290. The topological polar surface area (TPSA) is 167 Å². The number of carbonyl (C=O) groups is 2. The van der Waals surface area contributed by atoms with E-state index in [2.05, 4.69) is 52.6 Å². The van der Waals surface area contributed by atoms with E-state index in [4.69, 9.17) is 65.9 Å². The first-order valence-electron chi connectivity index (χ1n) is 23.5. The normalized spacial score (nSPS) is 13.6. The quantitative estimate of drug-likeness (QED) is 0.0993. The van der Waals surface area contributed by atoms with Crippen molar-refractivity contribution in [2.45, 2.75) is 26.9 Å². The molecular weight excluding hydrogens is 1140 g/mol. The van der Waals surface area contributed by atoms with E-state index >= 15 is 0 Å². The predicted molar refractivity (Wildman–Crippen MR) is 303 cm³/mol. The lowest BCUT2D eigenvalue weighted by molar-refractivity contribution is -0.133. The molecule has 2 aliphatic heterocycles. The van der Waals surface area contributed by atoms with Crippen LogP contribution >= 0.6 is 69.0 Å². The second kappa shape index (κ2) is 24.7. The highest BCUT2D eigenvalue weighted by Crippen LogP contribution is 2.33. The number of para-hydroxylation sites is 2. The SMILES string of the molecule is COc1cc(N2CCN(C(=O)Cn3nc(-c4cnc5ccccc5c4)c(Cl)c3C)CC2)ccc1Cl.COc1cc(N2CCN(C(=O)Cn3nc(I)c(Cl)c3C)CC2)ccc1Cl.OB(O)c1cnc2ccccc2c1. The van der Waals surface area contributed by atoms with Crippen molar-refractivity contribution in [1.29, 1.82) is 0 Å². The number of hydrogen-bond acceptors (Lipinski definition) is 12. The van der Waals surface area contributed by atoms with Crippen LogP contribution in [0.1, 0.15) is 11.4 Å². The summed E-state index contributed by atoms with van der Waals surface area (Å²) in [4.78, 5) is 42.5. The first-order valence-corrected chi connectivity index (χ1v) is 26.1. The lowest BCUT2D eigenvalue weighted by Gasteiger charge is -2.36. The van der Waals surface area contributed by atoms with Crippen LogP contribution in [0, 0.1) is 17.5 Å². The maximum absolute atomic E-state index is 13.1. The number of nitrogens with zero attached hydrogens (tertiary/aromatic N) is 10. The molecule has 2 saturated heterocycles. The second-order valence-electron chi connectivity index (χ2n) is 17.4. The molecular formula is C52H52BCl4IN10O6. The summed E-state index contributed by atoms with van der Waals surface area (Å²) in [5.41, 5.74) is 7.29. The fourth-order valence-corrected chi connectivity index (χ4v) is 9.93. The molecule has 2 N–H and O–H groups in total. The van der Waals surface area contributed by atoms with Crippen LogP contribution in [-0.2, 0) is 22.7 Å². The van der Waals surface area contributed by atoms with Crippen LogP contribution in [0.15, 0.2) is 109 Å². The largest absolute Gasteiger partial charge is 0.495 e. The Morgan fingerprint density at radius 2 is 1.07 bits per heavy atom. The number of ether oxygens (including phenoxy) is 2. The third kappa shape index (κ3) is 12.8. The Morgan fingerprint density at radius 1 is 0.608 bits per heavy atom. The van der Waals surface area contributed by atoms with Crippen molar-refractivity contribution in [2.75, 3.05) is 76.4 Å². The van der Waals surface area contributed by atoms with Gasteiger partial charge in [-0.15, -0.1) is 0 Å². The molecule has 16 nitrogen and oxygen atoms in total. The number of amides is 2. The number of fused-ring (bicyclic) bond motifs is 2. The molecule has 384 valence electrons. The van der Waals surface area contributed by atoms with Crippen molar-refractivity contribution >= 4 is 127 Å². The minimum atomic E-state index is -1.45. The van der Waals surface area contributed by atoms with Gasteiger partial charge in [0.1, 0.15) is 34.0 Å². The van der Waals surface area contributed by atoms with Crippen molar-refractivity contribution in [1.82, 2.24) is 39.3 Å². The van der Waals surface area contributed by atoms with Gasteiger partial charge in [0.2, 0.25) is 11.8 Å². The van der Waals surface area contributed by atoms with Crippen LogP contribution in [0.3, 0.4) is 0 Å². The maximum Gasteiger partial charge on any atom is 0.490 e. The number of aromatic nitrogens is 6. The zero-order valence-corrected chi connectivity index (χ0v) is 46.1. The summed E-state index contributed by atoms with van der Waals surface area (Å²) in [7, 11) is 1.76. The molecule has 10 rings (SSSR count). The van der Waals surface area contributed by atoms with E-state index in [0.717, 1.165) is 80.0 Å². The van der Waals surface area contributed by atoms with Gasteiger partial charge in [0.05, 0.1) is 56.7 Å². The number of benzene rings is 4. The highest BCUT2D eigenvalue weighted by molar-refractivity contribution is 14.1. The Hall–Kier alpha value is -5.87. The van der Waals surface area contributed by atoms with Crippen LogP contribution < -0.4 is 24.7 Å². The van der Waals surface area contributed by atoms with E-state index in [-0.39, 0.29) is 24.9 Å². The van der Waals surface area contributed by atoms with Crippen LogP contribution in [0.25, 0.3) is 33.1 Å². The Balaban J connectivity index is 0.000000163. The van der Waals surface area contributed by atoms with E-state index in [1.165, 1.54) is 6.20 Å². The monoisotopic (exact) mass is 1190 g/mol. The van der Waals surface area contributed by atoms with Crippen molar-refractivity contribution in [3.63, 3.8) is 0 Å². The zero-order chi connectivity index (χ0) is 52.6. The Labute approximate surface area is 462 Å². The average Bonchev–Trinajstić information content (AvgIpc) is 3.84. The van der Waals surface area contributed by atoms with Gasteiger partial charge >= 0.3 is 7.12 Å². The molecule has 0 bridgehead atoms. The molecule has 0 atom stereocenters. The number of anilines is 2. The van der Waals surface area contributed by atoms with E-state index in [9.17, 15) is 9.59 Å². The third-order valence-electron chi connectivity index (χ3n) is 12.8. The van der Waals surface area contributed by atoms with Crippen molar-refractivity contribution in [3.05, 3.63) is 145 Å². The Morgan fingerprint density at radius 3 is 1.54 bits per heavy atom. The lowest BCUT2D eigenvalue weighted by Crippen LogP contribution is -2.49. The molecule has 2 aliphatic rings. The number of halogens is 5. The smallest absolute Gasteiger partial charge is 0.490 e. The summed E-state index contributed by atoms with van der Waals surface area (Å²) >= 11 is 27.1. The van der Waals surface area contributed by atoms with Crippen LogP contribution in [0.4, 0.5) is 11.4 Å². The molecule has 4 aromatic carbocycles. The molecule has 4 aromatic heterocycles. The average molecular weight is 1190 g/mol. The van der Waals surface area contributed by atoms with E-state index < -0.39 is 7.12 Å². The van der Waals surface area contributed by atoms with Crippen LogP contribution in [0.5, 0.6) is 11.5 Å². The summed E-state index contributed by atoms with van der Waals surface area (Å²) in [5, 5.41) is 31.0. The minimum Gasteiger partial charge on any atom is -0.495 e. The first-order chi connectivity index (χ1) is 35.6. The molecule has 2 fully saturated rings. The van der Waals surface area contributed by atoms with Crippen molar-refractivity contribution < 1.29 is 29.1 Å². The fourth-order valence-electron chi connectivity index (χ4n) is 8.51. The predicted octanol–water partition coefficient (Wildman–Crippen LogP) is 8.45. The molecule has 0 saturated carbocycles. The number of rotatable bonds is 10. The standard InChI is InChI=1S/C26H25Cl2N5O2.C17H19Cl2IN4O2.C9H8BNO2/c1-17-25(28)26(19-13-18-5-3-4-6-22(18)29-15-19)30-33(17)16-24(34)32-11-9-31(10-12-32)20-7-8-21(27)23(14-20)35-2;1-11-16(19)17(20)21-24(11)10-15(25)23-7-5-22(6-8-23)12-3-4-13(18)14(9-12)26-2;12-10(13)8-5-7-3-1-2-4-9(7)11-6-8/h3-8,13-15H,9-12,16H2,1-2H3;3-4,9H,5-8,10H2,1-2H3;1-6,12-13H. The van der Waals surface area contributed by atoms with Crippen LogP contribution in [0.2, 0.25) is 20.1 Å². The van der Waals surface area contributed by atoms with Gasteiger partial charge in [0.15, 0.2) is 0 Å². The van der Waals surface area contributed by atoms with Gasteiger partial charge < -0.3 is 39.1 Å². The van der Waals surface area contributed by atoms with Gasteiger partial charge in [-0.05, 0) is 84.3 Å². The number of methoxy groups -OCH3 is 2. The van der Waals surface area contributed by atoms with Crippen LogP contribution in [-0.4, -0.2) is 135 Å². The first kappa shape index (κ1) is 54.4. The van der Waals surface area contributed by atoms with Crippen molar-refractivity contribution in [2.24, 2.45) is 0 Å². The fraction of sp³-hybridized carbons (Fsp3) is 0.269. The maximum atomic E-state index is 13.1. The van der Waals surface area contributed by atoms with Crippen molar-refractivity contribution in [3.8, 4) is 22.8 Å². The molecule has 0 aliphatic carbocycles. The number of carbonyl (C=O) groups excluding carboxylic acids is 2. The lowest BCUT2D eigenvalue weighted by atomic mass is 9.81.